The lowest BCUT2D eigenvalue weighted by Crippen LogP contribution is -2.27. The van der Waals surface area contributed by atoms with Crippen LogP contribution in [0, 0.1) is 6.92 Å². The molecule has 8 nitrogen and oxygen atoms in total. The molecule has 2 rings (SSSR count). The van der Waals surface area contributed by atoms with E-state index >= 15 is 0 Å². The van der Waals surface area contributed by atoms with Gasteiger partial charge < -0.3 is 16.2 Å². The van der Waals surface area contributed by atoms with Gasteiger partial charge in [-0.1, -0.05) is 18.2 Å². The van der Waals surface area contributed by atoms with Gasteiger partial charge in [0.25, 0.3) is 5.91 Å². The summed E-state index contributed by atoms with van der Waals surface area (Å²) in [7, 11) is 0. The van der Waals surface area contributed by atoms with Crippen molar-refractivity contribution in [3.63, 3.8) is 0 Å². The lowest BCUT2D eigenvalue weighted by molar-refractivity contribution is -0.132. The molecule has 0 aliphatic rings. The van der Waals surface area contributed by atoms with Gasteiger partial charge in [-0.3, -0.25) is 9.59 Å². The number of aryl methyl sites for hydroxylation is 1. The van der Waals surface area contributed by atoms with Gasteiger partial charge in [-0.2, -0.15) is 9.78 Å². The number of hydrogen-bond acceptors (Lipinski definition) is 5. The van der Waals surface area contributed by atoms with E-state index in [4.69, 9.17) is 5.73 Å². The van der Waals surface area contributed by atoms with Crippen LogP contribution >= 0.6 is 0 Å². The summed E-state index contributed by atoms with van der Waals surface area (Å²) in [4.78, 5) is 35.0. The minimum absolute atomic E-state index is 0.00714. The fraction of sp³-hybridized carbons (Fsp3) is 0.125. The number of carbonyl (C=O) groups excluding carboxylic acids is 2. The number of nitrogen functional groups attached to an aromatic ring is 1. The van der Waals surface area contributed by atoms with Crippen LogP contribution in [0.15, 0.2) is 36.0 Å². The van der Waals surface area contributed by atoms with Gasteiger partial charge in [0.2, 0.25) is 5.91 Å². The molecule has 2 aromatic rings. The Bertz CT molecular complexity index is 837. The predicted molar refractivity (Wildman–Crippen MR) is 87.2 cm³/mol. The van der Waals surface area contributed by atoms with E-state index in [1.54, 1.807) is 37.3 Å². The van der Waals surface area contributed by atoms with Crippen LogP contribution in [-0.2, 0) is 4.79 Å². The fourth-order valence-corrected chi connectivity index (χ4v) is 2.06. The first-order valence-electron chi connectivity index (χ1n) is 6.98. The molecule has 24 heavy (non-hydrogen) atoms. The first-order valence-corrected chi connectivity index (χ1v) is 6.98. The molecule has 0 unspecified atom stereocenters. The maximum absolute atomic E-state index is 12.1. The Morgan fingerprint density at radius 3 is 2.38 bits per heavy atom. The molecular weight excluding hydrogens is 312 g/mol. The molecular formula is C16H16N4O4. The van der Waals surface area contributed by atoms with Gasteiger partial charge >= 0.3 is 5.97 Å². The molecule has 0 radical (unpaired) electrons. The van der Waals surface area contributed by atoms with Crippen molar-refractivity contribution in [2.45, 2.75) is 13.8 Å². The van der Waals surface area contributed by atoms with E-state index in [2.05, 4.69) is 10.4 Å². The first-order chi connectivity index (χ1) is 11.3. The van der Waals surface area contributed by atoms with E-state index in [-0.39, 0.29) is 17.1 Å². The highest BCUT2D eigenvalue weighted by atomic mass is 16.4. The highest BCUT2D eigenvalue weighted by Crippen LogP contribution is 2.19. The molecule has 4 N–H and O–H groups in total. The Balaban J connectivity index is 2.38. The molecule has 0 saturated heterocycles. The Hall–Kier alpha value is -3.42. The number of hydrogen-bond donors (Lipinski definition) is 3. The highest BCUT2D eigenvalue weighted by molar-refractivity contribution is 6.03. The van der Waals surface area contributed by atoms with Crippen molar-refractivity contribution in [2.24, 2.45) is 0 Å². The molecule has 1 heterocycles. The van der Waals surface area contributed by atoms with Crippen LogP contribution in [0.4, 0.5) is 5.82 Å². The summed E-state index contributed by atoms with van der Waals surface area (Å²) in [6, 6.07) is 8.19. The Kier molecular flexibility index (Phi) is 4.78. The van der Waals surface area contributed by atoms with Crippen molar-refractivity contribution in [1.29, 1.82) is 0 Å². The number of aliphatic carboxylic acids is 1. The number of carbonyl (C=O) groups is 3. The number of nitrogens with one attached hydrogen (secondary N) is 1. The number of rotatable bonds is 4. The quantitative estimate of drug-likeness (QED) is 0.726. The van der Waals surface area contributed by atoms with Crippen LogP contribution < -0.4 is 11.1 Å². The molecule has 0 atom stereocenters. The van der Waals surface area contributed by atoms with E-state index in [0.29, 0.717) is 11.3 Å². The van der Waals surface area contributed by atoms with E-state index in [1.165, 1.54) is 13.0 Å². The van der Waals surface area contributed by atoms with Crippen molar-refractivity contribution in [3.05, 3.63) is 52.8 Å². The molecule has 124 valence electrons. The van der Waals surface area contributed by atoms with E-state index in [9.17, 15) is 19.5 Å². The van der Waals surface area contributed by atoms with Gasteiger partial charge in [0, 0.05) is 18.1 Å². The monoisotopic (exact) mass is 328 g/mol. The summed E-state index contributed by atoms with van der Waals surface area (Å²) < 4.78 is 0.972. The zero-order valence-electron chi connectivity index (χ0n) is 13.1. The summed E-state index contributed by atoms with van der Waals surface area (Å²) in [5.74, 6) is -2.30. The SMILES string of the molecule is CC(=O)n1nc(C)c(/C=C(/NC(=O)c2ccccc2)C(=O)O)c1N. The van der Waals surface area contributed by atoms with Crippen molar-refractivity contribution < 1.29 is 19.5 Å². The molecule has 0 aliphatic carbocycles. The second kappa shape index (κ2) is 6.78. The fourth-order valence-electron chi connectivity index (χ4n) is 2.06. The number of nitrogens with two attached hydrogens (primary N) is 1. The molecule has 8 heteroatoms. The topological polar surface area (TPSA) is 127 Å². The summed E-state index contributed by atoms with van der Waals surface area (Å²) >= 11 is 0. The molecule has 0 aliphatic heterocycles. The maximum Gasteiger partial charge on any atom is 0.352 e. The number of anilines is 1. The lowest BCUT2D eigenvalue weighted by atomic mass is 10.1. The average Bonchev–Trinajstić information content (AvgIpc) is 2.83. The molecule has 1 amide bonds. The largest absolute Gasteiger partial charge is 0.477 e. The van der Waals surface area contributed by atoms with Gasteiger partial charge in [-0.25, -0.2) is 4.79 Å². The van der Waals surface area contributed by atoms with Crippen LogP contribution in [0.2, 0.25) is 0 Å². The summed E-state index contributed by atoms with van der Waals surface area (Å²) in [6.07, 6.45) is 1.18. The Morgan fingerprint density at radius 1 is 1.25 bits per heavy atom. The number of nitrogens with zero attached hydrogens (tertiary/aromatic N) is 2. The van der Waals surface area contributed by atoms with Gasteiger partial charge in [-0.15, -0.1) is 0 Å². The number of carboxylic acids is 1. The minimum Gasteiger partial charge on any atom is -0.477 e. The van der Waals surface area contributed by atoms with Crippen molar-refractivity contribution >= 4 is 29.7 Å². The van der Waals surface area contributed by atoms with Crippen molar-refractivity contribution in [1.82, 2.24) is 15.1 Å². The van der Waals surface area contributed by atoms with Crippen LogP contribution in [0.1, 0.15) is 33.3 Å². The van der Waals surface area contributed by atoms with E-state index in [1.807, 2.05) is 0 Å². The first kappa shape index (κ1) is 16.9. The minimum atomic E-state index is -1.34. The lowest BCUT2D eigenvalue weighted by Gasteiger charge is -2.06. The third-order valence-corrected chi connectivity index (χ3v) is 3.25. The Morgan fingerprint density at radius 2 is 1.88 bits per heavy atom. The maximum atomic E-state index is 12.1. The third-order valence-electron chi connectivity index (χ3n) is 3.25. The normalized spacial score (nSPS) is 11.2. The smallest absolute Gasteiger partial charge is 0.352 e. The summed E-state index contributed by atoms with van der Waals surface area (Å²) in [5.41, 5.74) is 6.40. The predicted octanol–water partition coefficient (Wildman–Crippen LogP) is 1.29. The van der Waals surface area contributed by atoms with Crippen LogP contribution in [0.3, 0.4) is 0 Å². The van der Waals surface area contributed by atoms with Gasteiger partial charge in [0.05, 0.1) is 5.69 Å². The molecule has 0 bridgehead atoms. The van der Waals surface area contributed by atoms with E-state index in [0.717, 1.165) is 4.68 Å². The second-order valence-corrected chi connectivity index (χ2v) is 5.00. The molecule has 1 aromatic heterocycles. The van der Waals surface area contributed by atoms with Crippen molar-refractivity contribution in [3.8, 4) is 0 Å². The van der Waals surface area contributed by atoms with Crippen LogP contribution in [-0.4, -0.2) is 32.7 Å². The summed E-state index contributed by atoms with van der Waals surface area (Å²) in [6.45, 7) is 2.87. The number of aromatic nitrogens is 2. The zero-order chi connectivity index (χ0) is 17.9. The second-order valence-electron chi connectivity index (χ2n) is 5.00. The Labute approximate surface area is 137 Å². The average molecular weight is 328 g/mol. The van der Waals surface area contributed by atoms with Gasteiger partial charge in [-0.05, 0) is 25.1 Å². The highest BCUT2D eigenvalue weighted by Gasteiger charge is 2.18. The standard InChI is InChI=1S/C16H16N4O4/c1-9-12(14(17)20(19-9)10(2)21)8-13(16(23)24)18-15(22)11-6-4-3-5-7-11/h3-8H,17H2,1-2H3,(H,18,22)(H,23,24)/b13-8+. The van der Waals surface area contributed by atoms with E-state index < -0.39 is 17.8 Å². The zero-order valence-corrected chi connectivity index (χ0v) is 13.1. The molecule has 1 aromatic carbocycles. The van der Waals surface area contributed by atoms with Gasteiger partial charge in [0.15, 0.2) is 0 Å². The molecule has 0 spiro atoms. The van der Waals surface area contributed by atoms with Crippen LogP contribution in [0.5, 0.6) is 0 Å². The molecule has 0 saturated carbocycles. The number of carboxylic acid groups (broad SMARTS) is 1. The van der Waals surface area contributed by atoms with Crippen molar-refractivity contribution in [2.75, 3.05) is 5.73 Å². The number of amides is 1. The number of benzene rings is 1. The molecule has 0 fully saturated rings. The third kappa shape index (κ3) is 3.49. The van der Waals surface area contributed by atoms with Gasteiger partial charge in [0.1, 0.15) is 11.5 Å². The van der Waals surface area contributed by atoms with Crippen LogP contribution in [0.25, 0.3) is 6.08 Å². The summed E-state index contributed by atoms with van der Waals surface area (Å²) in [5, 5.41) is 15.6.